The predicted octanol–water partition coefficient (Wildman–Crippen LogP) is 5.18. The standard InChI is InChI=1S/C21H15F3N2O/c1-27-15-7-9-20-19(11-15)25-21(16-10-14(22)6-8-18(16)24)26(20)12-13-4-2-3-5-17(13)23/h2-11H,12H2,1H3. The first-order valence-electron chi connectivity index (χ1n) is 8.30. The molecular formula is C21H15F3N2O. The first-order valence-corrected chi connectivity index (χ1v) is 8.30. The van der Waals surface area contributed by atoms with E-state index in [9.17, 15) is 13.2 Å². The van der Waals surface area contributed by atoms with Crippen LogP contribution in [0, 0.1) is 17.5 Å². The number of benzene rings is 3. The minimum absolute atomic E-state index is 0.0153. The Bertz CT molecular complexity index is 1140. The van der Waals surface area contributed by atoms with E-state index >= 15 is 0 Å². The summed E-state index contributed by atoms with van der Waals surface area (Å²) < 4.78 is 49.2. The molecule has 0 radical (unpaired) electrons. The highest BCUT2D eigenvalue weighted by Crippen LogP contribution is 2.30. The molecule has 27 heavy (non-hydrogen) atoms. The van der Waals surface area contributed by atoms with E-state index in [1.807, 2.05) is 0 Å². The summed E-state index contributed by atoms with van der Waals surface area (Å²) in [7, 11) is 1.53. The van der Waals surface area contributed by atoms with E-state index in [0.717, 1.165) is 18.2 Å². The molecule has 0 N–H and O–H groups in total. The van der Waals surface area contributed by atoms with Gasteiger partial charge in [0.25, 0.3) is 0 Å². The third-order valence-corrected chi connectivity index (χ3v) is 4.41. The number of nitrogens with zero attached hydrogens (tertiary/aromatic N) is 2. The Kier molecular flexibility index (Phi) is 4.32. The maximum absolute atomic E-state index is 14.4. The Hall–Kier alpha value is -3.28. The summed E-state index contributed by atoms with van der Waals surface area (Å²) in [6, 6.07) is 14.7. The van der Waals surface area contributed by atoms with Crippen molar-refractivity contribution >= 4 is 11.0 Å². The molecule has 0 spiro atoms. The van der Waals surface area contributed by atoms with Crippen LogP contribution >= 0.6 is 0 Å². The molecule has 0 aliphatic carbocycles. The van der Waals surface area contributed by atoms with Crippen molar-refractivity contribution in [3.8, 4) is 17.1 Å². The number of ether oxygens (including phenoxy) is 1. The highest BCUT2D eigenvalue weighted by Gasteiger charge is 2.18. The van der Waals surface area contributed by atoms with Gasteiger partial charge in [-0.05, 0) is 36.4 Å². The van der Waals surface area contributed by atoms with E-state index in [1.54, 1.807) is 41.0 Å². The molecule has 0 saturated carbocycles. The number of hydrogen-bond acceptors (Lipinski definition) is 2. The third-order valence-electron chi connectivity index (χ3n) is 4.41. The molecule has 4 rings (SSSR count). The largest absolute Gasteiger partial charge is 0.497 e. The van der Waals surface area contributed by atoms with Crippen molar-refractivity contribution in [2.24, 2.45) is 0 Å². The van der Waals surface area contributed by atoms with E-state index < -0.39 is 11.6 Å². The molecule has 0 unspecified atom stereocenters. The lowest BCUT2D eigenvalue weighted by Crippen LogP contribution is -2.05. The van der Waals surface area contributed by atoms with E-state index in [1.165, 1.54) is 13.2 Å². The van der Waals surface area contributed by atoms with Crippen LogP contribution in [0.4, 0.5) is 13.2 Å². The van der Waals surface area contributed by atoms with Crippen molar-refractivity contribution in [1.29, 1.82) is 0 Å². The fraction of sp³-hybridized carbons (Fsp3) is 0.0952. The summed E-state index contributed by atoms with van der Waals surface area (Å²) >= 11 is 0. The molecule has 6 heteroatoms. The van der Waals surface area contributed by atoms with Gasteiger partial charge < -0.3 is 9.30 Å². The predicted molar refractivity (Wildman–Crippen MR) is 97.1 cm³/mol. The molecule has 0 bridgehead atoms. The quantitative estimate of drug-likeness (QED) is 0.496. The van der Waals surface area contributed by atoms with Crippen LogP contribution in [0.2, 0.25) is 0 Å². The van der Waals surface area contributed by atoms with Crippen molar-refractivity contribution in [2.75, 3.05) is 7.11 Å². The summed E-state index contributed by atoms with van der Waals surface area (Å²) in [6.07, 6.45) is 0. The van der Waals surface area contributed by atoms with Crippen LogP contribution in [0.5, 0.6) is 5.75 Å². The van der Waals surface area contributed by atoms with Crippen LogP contribution in [-0.2, 0) is 6.54 Å². The van der Waals surface area contributed by atoms with Crippen LogP contribution in [0.3, 0.4) is 0 Å². The fourth-order valence-corrected chi connectivity index (χ4v) is 3.07. The van der Waals surface area contributed by atoms with Gasteiger partial charge in [-0.2, -0.15) is 0 Å². The first-order chi connectivity index (χ1) is 13.1. The Morgan fingerprint density at radius 1 is 0.926 bits per heavy atom. The zero-order valence-corrected chi connectivity index (χ0v) is 14.4. The second-order valence-electron chi connectivity index (χ2n) is 6.09. The van der Waals surface area contributed by atoms with E-state index in [0.29, 0.717) is 22.3 Å². The molecule has 3 aromatic carbocycles. The van der Waals surface area contributed by atoms with Gasteiger partial charge in [0, 0.05) is 11.6 Å². The van der Waals surface area contributed by atoms with Crippen molar-refractivity contribution in [2.45, 2.75) is 6.54 Å². The topological polar surface area (TPSA) is 27.1 Å². The number of halogens is 3. The van der Waals surface area contributed by atoms with Gasteiger partial charge in [-0.25, -0.2) is 18.2 Å². The molecule has 0 fully saturated rings. The summed E-state index contributed by atoms with van der Waals surface area (Å²) in [6.45, 7) is 0.126. The van der Waals surface area contributed by atoms with E-state index in [-0.39, 0.29) is 23.7 Å². The Balaban J connectivity index is 1.96. The number of rotatable bonds is 4. The maximum atomic E-state index is 14.4. The van der Waals surface area contributed by atoms with Gasteiger partial charge in [-0.15, -0.1) is 0 Å². The SMILES string of the molecule is COc1ccc2c(c1)nc(-c1cc(F)ccc1F)n2Cc1ccccc1F. The fourth-order valence-electron chi connectivity index (χ4n) is 3.07. The number of imidazole rings is 1. The van der Waals surface area contributed by atoms with Gasteiger partial charge in [0.05, 0.1) is 30.3 Å². The zero-order chi connectivity index (χ0) is 19.0. The Morgan fingerprint density at radius 2 is 1.74 bits per heavy atom. The third kappa shape index (κ3) is 3.14. The average Bonchev–Trinajstić information content (AvgIpc) is 3.03. The van der Waals surface area contributed by atoms with Crippen molar-refractivity contribution < 1.29 is 17.9 Å². The van der Waals surface area contributed by atoms with Crippen molar-refractivity contribution in [1.82, 2.24) is 9.55 Å². The summed E-state index contributed by atoms with van der Waals surface area (Å²) in [4.78, 5) is 4.47. The van der Waals surface area contributed by atoms with Crippen LogP contribution in [0.1, 0.15) is 5.56 Å². The lowest BCUT2D eigenvalue weighted by molar-refractivity contribution is 0.415. The minimum atomic E-state index is -0.603. The van der Waals surface area contributed by atoms with Gasteiger partial charge in [-0.3, -0.25) is 0 Å². The molecule has 0 aliphatic rings. The second-order valence-corrected chi connectivity index (χ2v) is 6.09. The van der Waals surface area contributed by atoms with Gasteiger partial charge in [-0.1, -0.05) is 18.2 Å². The smallest absolute Gasteiger partial charge is 0.144 e. The number of fused-ring (bicyclic) bond motifs is 1. The van der Waals surface area contributed by atoms with Crippen molar-refractivity contribution in [3.63, 3.8) is 0 Å². The summed E-state index contributed by atoms with van der Waals surface area (Å²) in [5, 5.41) is 0. The van der Waals surface area contributed by atoms with E-state index in [2.05, 4.69) is 4.98 Å². The highest BCUT2D eigenvalue weighted by atomic mass is 19.1. The van der Waals surface area contributed by atoms with Crippen LogP contribution < -0.4 is 4.74 Å². The molecule has 136 valence electrons. The van der Waals surface area contributed by atoms with Crippen molar-refractivity contribution in [3.05, 3.63) is 83.7 Å². The van der Waals surface area contributed by atoms with Gasteiger partial charge in [0.15, 0.2) is 0 Å². The average molecular weight is 368 g/mol. The molecule has 0 saturated heterocycles. The summed E-state index contributed by atoms with van der Waals surface area (Å²) in [5.74, 6) is -0.747. The van der Waals surface area contributed by atoms with Gasteiger partial charge >= 0.3 is 0 Å². The molecule has 4 aromatic rings. The molecule has 1 aromatic heterocycles. The molecule has 3 nitrogen and oxygen atoms in total. The zero-order valence-electron chi connectivity index (χ0n) is 14.4. The van der Waals surface area contributed by atoms with Crippen LogP contribution in [0.15, 0.2) is 60.7 Å². The molecule has 1 heterocycles. The van der Waals surface area contributed by atoms with Gasteiger partial charge in [0.1, 0.15) is 29.0 Å². The monoisotopic (exact) mass is 368 g/mol. The lowest BCUT2D eigenvalue weighted by atomic mass is 10.1. The summed E-state index contributed by atoms with van der Waals surface area (Å²) in [5.41, 5.74) is 1.65. The number of methoxy groups -OCH3 is 1. The minimum Gasteiger partial charge on any atom is -0.497 e. The molecular weight excluding hydrogens is 353 g/mol. The molecule has 0 aliphatic heterocycles. The van der Waals surface area contributed by atoms with Crippen LogP contribution in [-0.4, -0.2) is 16.7 Å². The first kappa shape index (κ1) is 17.1. The lowest BCUT2D eigenvalue weighted by Gasteiger charge is -2.11. The van der Waals surface area contributed by atoms with E-state index in [4.69, 9.17) is 4.74 Å². The maximum Gasteiger partial charge on any atom is 0.144 e. The Labute approximate surface area is 153 Å². The van der Waals surface area contributed by atoms with Crippen LogP contribution in [0.25, 0.3) is 22.4 Å². The normalized spacial score (nSPS) is 11.1. The number of aromatic nitrogens is 2. The second kappa shape index (κ2) is 6.79. The molecule has 0 amide bonds. The molecule has 0 atom stereocenters. The van der Waals surface area contributed by atoms with Gasteiger partial charge in [0.2, 0.25) is 0 Å². The Morgan fingerprint density at radius 3 is 2.52 bits per heavy atom. The highest BCUT2D eigenvalue weighted by molar-refractivity contribution is 5.82. The number of hydrogen-bond donors (Lipinski definition) is 0.